The molecule has 1 aromatic rings. The van der Waals surface area contributed by atoms with E-state index in [2.05, 4.69) is 0 Å². The second-order valence-corrected chi connectivity index (χ2v) is 7.39. The van der Waals surface area contributed by atoms with Crippen molar-refractivity contribution in [2.75, 3.05) is 19.1 Å². The second kappa shape index (κ2) is 6.78. The third-order valence-corrected chi connectivity index (χ3v) is 5.97. The normalized spacial score (nSPS) is 14.0. The van der Waals surface area contributed by atoms with E-state index in [0.717, 1.165) is 11.4 Å². The summed E-state index contributed by atoms with van der Waals surface area (Å²) in [5.41, 5.74) is 6.47. The van der Waals surface area contributed by atoms with Gasteiger partial charge < -0.3 is 10.3 Å². The van der Waals surface area contributed by atoms with Crippen molar-refractivity contribution in [3.05, 3.63) is 18.0 Å². The molecule has 1 rings (SSSR count). The molecular formula is C12H23N3O2S2. The molecule has 5 nitrogen and oxygen atoms in total. The second-order valence-electron chi connectivity index (χ2n) is 4.48. The minimum Gasteiger partial charge on any atom is -0.349 e. The predicted octanol–water partition coefficient (Wildman–Crippen LogP) is 1.34. The van der Waals surface area contributed by atoms with E-state index in [1.807, 2.05) is 24.7 Å². The maximum absolute atomic E-state index is 12.5. The molecule has 0 saturated carbocycles. The average Bonchev–Trinajstić information content (AvgIpc) is 2.81. The van der Waals surface area contributed by atoms with Crippen molar-refractivity contribution in [3.63, 3.8) is 0 Å². The third kappa shape index (κ3) is 3.53. The Morgan fingerprint density at radius 2 is 2.16 bits per heavy atom. The topological polar surface area (TPSA) is 68.3 Å². The minimum atomic E-state index is -3.44. The number of nitrogens with zero attached hydrogens (tertiary/aromatic N) is 2. The number of hydrogen-bond acceptors (Lipinski definition) is 4. The monoisotopic (exact) mass is 305 g/mol. The zero-order valence-corrected chi connectivity index (χ0v) is 13.6. The van der Waals surface area contributed by atoms with Crippen molar-refractivity contribution in [2.24, 2.45) is 5.73 Å². The number of thioether (sulfide) groups is 1. The van der Waals surface area contributed by atoms with Gasteiger partial charge in [-0.25, -0.2) is 8.42 Å². The number of sulfonamides is 1. The molecule has 1 unspecified atom stereocenters. The highest BCUT2D eigenvalue weighted by atomic mass is 32.2. The van der Waals surface area contributed by atoms with Crippen LogP contribution in [0.1, 0.15) is 19.5 Å². The number of hydrogen-bond donors (Lipinski definition) is 1. The van der Waals surface area contributed by atoms with E-state index < -0.39 is 10.0 Å². The molecule has 0 aliphatic rings. The summed E-state index contributed by atoms with van der Waals surface area (Å²) in [6.07, 6.45) is 3.64. The lowest BCUT2D eigenvalue weighted by Gasteiger charge is -2.23. The maximum Gasteiger partial charge on any atom is 0.244 e. The lowest BCUT2D eigenvalue weighted by Crippen LogP contribution is -2.36. The number of nitrogens with two attached hydrogens (primary N) is 1. The van der Waals surface area contributed by atoms with Crippen molar-refractivity contribution in [3.8, 4) is 0 Å². The van der Waals surface area contributed by atoms with E-state index in [-0.39, 0.29) is 6.04 Å². The standard InChI is InChI=1S/C12H23N3O2S2/c1-5-15-8-12(6-11(15)7-13)19(16,17)14(3)10(2)9-18-4/h6,8,10H,5,7,9,13H2,1-4H3. The zero-order chi connectivity index (χ0) is 14.6. The molecule has 0 aliphatic carbocycles. The van der Waals surface area contributed by atoms with Gasteiger partial charge in [0.15, 0.2) is 0 Å². The van der Waals surface area contributed by atoms with Crippen molar-refractivity contribution >= 4 is 21.8 Å². The van der Waals surface area contributed by atoms with Crippen LogP contribution < -0.4 is 5.73 Å². The van der Waals surface area contributed by atoms with Gasteiger partial charge in [0.1, 0.15) is 4.90 Å². The molecular weight excluding hydrogens is 282 g/mol. The number of rotatable bonds is 7. The highest BCUT2D eigenvalue weighted by molar-refractivity contribution is 7.98. The summed E-state index contributed by atoms with van der Waals surface area (Å²) in [5.74, 6) is 0.772. The molecule has 19 heavy (non-hydrogen) atoms. The van der Waals surface area contributed by atoms with E-state index in [1.165, 1.54) is 4.31 Å². The highest BCUT2D eigenvalue weighted by Crippen LogP contribution is 2.20. The first-order valence-electron chi connectivity index (χ1n) is 6.24. The Balaban J connectivity index is 3.09. The van der Waals surface area contributed by atoms with E-state index >= 15 is 0 Å². The van der Waals surface area contributed by atoms with Gasteiger partial charge in [-0.2, -0.15) is 16.1 Å². The molecule has 0 fully saturated rings. The van der Waals surface area contributed by atoms with Crippen LogP contribution in [0.4, 0.5) is 0 Å². The smallest absolute Gasteiger partial charge is 0.244 e. The number of aryl methyl sites for hydroxylation is 1. The molecule has 1 atom stereocenters. The lowest BCUT2D eigenvalue weighted by molar-refractivity contribution is 0.415. The van der Waals surface area contributed by atoms with Gasteiger partial charge in [0.2, 0.25) is 10.0 Å². The van der Waals surface area contributed by atoms with Crippen molar-refractivity contribution in [1.29, 1.82) is 0 Å². The molecule has 0 bridgehead atoms. The molecule has 0 saturated heterocycles. The Bertz CT molecular complexity index is 490. The highest BCUT2D eigenvalue weighted by Gasteiger charge is 2.26. The van der Waals surface area contributed by atoms with Crippen LogP contribution in [-0.4, -0.2) is 42.4 Å². The largest absolute Gasteiger partial charge is 0.349 e. The summed E-state index contributed by atoms with van der Waals surface area (Å²) < 4.78 is 28.3. The van der Waals surface area contributed by atoms with Gasteiger partial charge in [0, 0.05) is 43.8 Å². The van der Waals surface area contributed by atoms with Crippen LogP contribution in [0.5, 0.6) is 0 Å². The Labute approximate surface area is 120 Å². The Morgan fingerprint density at radius 1 is 1.53 bits per heavy atom. The van der Waals surface area contributed by atoms with Gasteiger partial charge in [-0.05, 0) is 26.2 Å². The molecule has 0 radical (unpaired) electrons. The first-order chi connectivity index (χ1) is 8.88. The van der Waals surface area contributed by atoms with Crippen LogP contribution in [0.2, 0.25) is 0 Å². The fourth-order valence-corrected chi connectivity index (χ4v) is 4.11. The molecule has 2 N–H and O–H groups in total. The first-order valence-corrected chi connectivity index (χ1v) is 9.07. The van der Waals surface area contributed by atoms with Gasteiger partial charge >= 0.3 is 0 Å². The summed E-state index contributed by atoms with van der Waals surface area (Å²) in [5, 5.41) is 0. The zero-order valence-electron chi connectivity index (χ0n) is 12.0. The van der Waals surface area contributed by atoms with Crippen LogP contribution in [0.25, 0.3) is 0 Å². The minimum absolute atomic E-state index is 0.0358. The van der Waals surface area contributed by atoms with Gasteiger partial charge in [-0.1, -0.05) is 0 Å². The number of aromatic nitrogens is 1. The first kappa shape index (κ1) is 16.6. The Morgan fingerprint density at radius 3 is 2.58 bits per heavy atom. The summed E-state index contributed by atoms with van der Waals surface area (Å²) >= 11 is 1.64. The van der Waals surface area contributed by atoms with Crippen LogP contribution in [0.3, 0.4) is 0 Å². The molecule has 1 aromatic heterocycles. The molecule has 1 heterocycles. The van der Waals surface area contributed by atoms with Crippen LogP contribution in [0, 0.1) is 0 Å². The molecule has 0 spiro atoms. The van der Waals surface area contributed by atoms with Gasteiger partial charge in [0.25, 0.3) is 0 Å². The quantitative estimate of drug-likeness (QED) is 0.825. The fourth-order valence-electron chi connectivity index (χ4n) is 1.88. The molecule has 0 aromatic carbocycles. The van der Waals surface area contributed by atoms with Gasteiger partial charge in [-0.15, -0.1) is 0 Å². The Hall–Kier alpha value is -0.500. The van der Waals surface area contributed by atoms with Crippen molar-refractivity contribution < 1.29 is 8.42 Å². The average molecular weight is 305 g/mol. The van der Waals surface area contributed by atoms with Crippen molar-refractivity contribution in [1.82, 2.24) is 8.87 Å². The Kier molecular flexibility index (Phi) is 5.91. The molecule has 0 aliphatic heterocycles. The van der Waals surface area contributed by atoms with E-state index in [1.54, 1.807) is 31.1 Å². The summed E-state index contributed by atoms with van der Waals surface area (Å²) in [6, 6.07) is 1.63. The third-order valence-electron chi connectivity index (χ3n) is 3.22. The van der Waals surface area contributed by atoms with Crippen LogP contribution in [-0.2, 0) is 23.1 Å². The molecule has 110 valence electrons. The van der Waals surface area contributed by atoms with E-state index in [0.29, 0.717) is 18.0 Å². The van der Waals surface area contributed by atoms with Gasteiger partial charge in [-0.3, -0.25) is 0 Å². The van der Waals surface area contributed by atoms with Crippen LogP contribution in [0.15, 0.2) is 17.2 Å². The summed E-state index contributed by atoms with van der Waals surface area (Å²) in [4.78, 5) is 0.324. The van der Waals surface area contributed by atoms with Crippen LogP contribution >= 0.6 is 11.8 Å². The van der Waals surface area contributed by atoms with Gasteiger partial charge in [0.05, 0.1) is 0 Å². The van der Waals surface area contributed by atoms with E-state index in [9.17, 15) is 8.42 Å². The summed E-state index contributed by atoms with van der Waals surface area (Å²) in [6.45, 7) is 4.93. The van der Waals surface area contributed by atoms with Crippen molar-refractivity contribution in [2.45, 2.75) is 37.9 Å². The predicted molar refractivity (Wildman–Crippen MR) is 80.8 cm³/mol. The summed E-state index contributed by atoms with van der Waals surface area (Å²) in [7, 11) is -1.81. The lowest BCUT2D eigenvalue weighted by atomic mass is 10.4. The fraction of sp³-hybridized carbons (Fsp3) is 0.667. The molecule has 0 amide bonds. The van der Waals surface area contributed by atoms with E-state index in [4.69, 9.17) is 5.73 Å². The maximum atomic E-state index is 12.5. The SMILES string of the molecule is CCn1cc(S(=O)(=O)N(C)C(C)CSC)cc1CN. The molecule has 7 heteroatoms.